The number of ether oxygens (including phenoxy) is 3. The highest BCUT2D eigenvalue weighted by molar-refractivity contribution is 14.1. The zero-order chi connectivity index (χ0) is 11.7. The highest BCUT2D eigenvalue weighted by atomic mass is 127. The Kier molecular flexibility index (Phi) is 3.13. The molecule has 0 unspecified atom stereocenters. The number of hydrogen-bond donors (Lipinski definition) is 1. The normalized spacial score (nSPS) is 10.5. The van der Waals surface area contributed by atoms with Crippen molar-refractivity contribution in [2.75, 3.05) is 21.3 Å². The number of aromatic amines is 1. The summed E-state index contributed by atoms with van der Waals surface area (Å²) in [7, 11) is 4.82. The Balaban J connectivity index is 2.81. The molecule has 16 heavy (non-hydrogen) atoms. The summed E-state index contributed by atoms with van der Waals surface area (Å²) in [5.41, 5.74) is 0.921. The minimum atomic E-state index is 0.607. The molecule has 0 radical (unpaired) electrons. The van der Waals surface area contributed by atoms with Gasteiger partial charge in [-0.05, 0) is 34.7 Å². The van der Waals surface area contributed by atoms with E-state index in [4.69, 9.17) is 14.2 Å². The summed E-state index contributed by atoms with van der Waals surface area (Å²) < 4.78 is 17.0. The molecule has 0 aliphatic heterocycles. The number of aromatic nitrogens is 1. The van der Waals surface area contributed by atoms with Crippen LogP contribution in [0, 0.1) is 3.70 Å². The second kappa shape index (κ2) is 4.40. The maximum absolute atomic E-state index is 5.37. The van der Waals surface area contributed by atoms with Crippen molar-refractivity contribution < 1.29 is 14.2 Å². The molecule has 1 aromatic heterocycles. The summed E-state index contributed by atoms with van der Waals surface area (Å²) in [4.78, 5) is 3.23. The predicted molar refractivity (Wildman–Crippen MR) is 70.7 cm³/mol. The van der Waals surface area contributed by atoms with Gasteiger partial charge in [0.2, 0.25) is 5.75 Å². The second-order valence-electron chi connectivity index (χ2n) is 3.23. The van der Waals surface area contributed by atoms with Crippen LogP contribution in [-0.2, 0) is 0 Å². The van der Waals surface area contributed by atoms with E-state index in [0.29, 0.717) is 17.2 Å². The van der Waals surface area contributed by atoms with Crippen LogP contribution in [0.25, 0.3) is 10.9 Å². The molecule has 2 rings (SSSR count). The van der Waals surface area contributed by atoms with Gasteiger partial charge < -0.3 is 19.2 Å². The first-order chi connectivity index (χ1) is 7.71. The number of rotatable bonds is 3. The van der Waals surface area contributed by atoms with Crippen LogP contribution in [0.5, 0.6) is 17.2 Å². The van der Waals surface area contributed by atoms with Crippen molar-refractivity contribution >= 4 is 33.5 Å². The molecule has 1 N–H and O–H groups in total. The number of methoxy groups -OCH3 is 3. The number of halogens is 1. The SMILES string of the molecule is COc1cc2cc(I)[nH]c2c(OC)c1OC. The van der Waals surface area contributed by atoms with Crippen molar-refractivity contribution in [1.82, 2.24) is 4.98 Å². The van der Waals surface area contributed by atoms with Crippen molar-refractivity contribution in [3.05, 3.63) is 15.8 Å². The molecule has 0 spiro atoms. The van der Waals surface area contributed by atoms with Crippen LogP contribution in [0.3, 0.4) is 0 Å². The lowest BCUT2D eigenvalue weighted by molar-refractivity contribution is 0.327. The summed E-state index contributed by atoms with van der Waals surface area (Å²) >= 11 is 2.22. The van der Waals surface area contributed by atoms with E-state index in [2.05, 4.69) is 27.6 Å². The Morgan fingerprint density at radius 1 is 1.00 bits per heavy atom. The van der Waals surface area contributed by atoms with E-state index in [1.165, 1.54) is 0 Å². The molecule has 86 valence electrons. The van der Waals surface area contributed by atoms with Crippen LogP contribution in [0.4, 0.5) is 0 Å². The lowest BCUT2D eigenvalue weighted by Gasteiger charge is -2.12. The summed E-state index contributed by atoms with van der Waals surface area (Å²) in [6.07, 6.45) is 0. The van der Waals surface area contributed by atoms with Gasteiger partial charge in [-0.1, -0.05) is 0 Å². The molecule has 1 aromatic carbocycles. The van der Waals surface area contributed by atoms with Crippen molar-refractivity contribution in [3.8, 4) is 17.2 Å². The molecule has 1 heterocycles. The molecule has 0 saturated carbocycles. The molecule has 0 saturated heterocycles. The van der Waals surface area contributed by atoms with Gasteiger partial charge in [-0.25, -0.2) is 0 Å². The number of benzene rings is 1. The Hall–Kier alpha value is -1.11. The molecule has 0 aliphatic rings. The third-order valence-electron chi connectivity index (χ3n) is 2.39. The van der Waals surface area contributed by atoms with Gasteiger partial charge in [0, 0.05) is 5.39 Å². The van der Waals surface area contributed by atoms with Crippen molar-refractivity contribution in [2.45, 2.75) is 0 Å². The molecule has 0 fully saturated rings. The van der Waals surface area contributed by atoms with Crippen LogP contribution in [0.1, 0.15) is 0 Å². The van der Waals surface area contributed by atoms with Gasteiger partial charge in [-0.3, -0.25) is 0 Å². The minimum Gasteiger partial charge on any atom is -0.493 e. The van der Waals surface area contributed by atoms with Crippen LogP contribution < -0.4 is 14.2 Å². The Bertz CT molecular complexity index is 521. The second-order valence-corrected chi connectivity index (χ2v) is 4.39. The lowest BCUT2D eigenvalue weighted by atomic mass is 10.2. The highest BCUT2D eigenvalue weighted by Crippen LogP contribution is 2.43. The fourth-order valence-electron chi connectivity index (χ4n) is 1.71. The fraction of sp³-hybridized carbons (Fsp3) is 0.273. The predicted octanol–water partition coefficient (Wildman–Crippen LogP) is 2.80. The van der Waals surface area contributed by atoms with Gasteiger partial charge in [0.15, 0.2) is 11.5 Å². The Morgan fingerprint density at radius 2 is 1.69 bits per heavy atom. The van der Waals surface area contributed by atoms with Crippen molar-refractivity contribution in [1.29, 1.82) is 0 Å². The molecular formula is C11H12INO3. The van der Waals surface area contributed by atoms with Gasteiger partial charge in [0.05, 0.1) is 30.5 Å². The topological polar surface area (TPSA) is 43.5 Å². The molecule has 4 nitrogen and oxygen atoms in total. The summed E-state index contributed by atoms with van der Waals surface area (Å²) in [6, 6.07) is 3.95. The number of fused-ring (bicyclic) bond motifs is 1. The molecule has 0 aliphatic carbocycles. The first kappa shape index (κ1) is 11.4. The zero-order valence-electron chi connectivity index (χ0n) is 9.26. The van der Waals surface area contributed by atoms with Gasteiger partial charge in [0.1, 0.15) is 0 Å². The number of nitrogens with one attached hydrogen (secondary N) is 1. The number of hydrogen-bond acceptors (Lipinski definition) is 3. The highest BCUT2D eigenvalue weighted by Gasteiger charge is 2.17. The average molecular weight is 333 g/mol. The standard InChI is InChI=1S/C11H12INO3/c1-14-7-4-6-5-8(12)13-9(6)11(16-3)10(7)15-2/h4-5,13H,1-3H3. The maximum Gasteiger partial charge on any atom is 0.205 e. The quantitative estimate of drug-likeness (QED) is 0.879. The third kappa shape index (κ3) is 1.68. The van der Waals surface area contributed by atoms with Crippen LogP contribution >= 0.6 is 22.6 Å². The van der Waals surface area contributed by atoms with Gasteiger partial charge in [-0.2, -0.15) is 0 Å². The Morgan fingerprint density at radius 3 is 2.25 bits per heavy atom. The molecule has 2 aromatic rings. The first-order valence-electron chi connectivity index (χ1n) is 4.68. The van der Waals surface area contributed by atoms with E-state index in [9.17, 15) is 0 Å². The van der Waals surface area contributed by atoms with E-state index in [0.717, 1.165) is 14.6 Å². The third-order valence-corrected chi connectivity index (χ3v) is 2.97. The molecule has 0 amide bonds. The molecule has 0 bridgehead atoms. The first-order valence-corrected chi connectivity index (χ1v) is 5.76. The van der Waals surface area contributed by atoms with Crippen LogP contribution in [0.2, 0.25) is 0 Å². The van der Waals surface area contributed by atoms with E-state index in [-0.39, 0.29) is 0 Å². The smallest absolute Gasteiger partial charge is 0.205 e. The zero-order valence-corrected chi connectivity index (χ0v) is 11.4. The van der Waals surface area contributed by atoms with E-state index in [1.807, 2.05) is 12.1 Å². The summed E-state index contributed by atoms with van der Waals surface area (Å²) in [5, 5.41) is 1.04. The Labute approximate surface area is 107 Å². The monoisotopic (exact) mass is 333 g/mol. The van der Waals surface area contributed by atoms with Crippen molar-refractivity contribution in [3.63, 3.8) is 0 Å². The number of H-pyrrole nitrogens is 1. The van der Waals surface area contributed by atoms with Gasteiger partial charge in [0.25, 0.3) is 0 Å². The molecule has 5 heteroatoms. The maximum atomic E-state index is 5.37. The summed E-state index contributed by atoms with van der Waals surface area (Å²) in [6.45, 7) is 0. The lowest BCUT2D eigenvalue weighted by Crippen LogP contribution is -1.95. The van der Waals surface area contributed by atoms with Gasteiger partial charge in [-0.15, -0.1) is 0 Å². The minimum absolute atomic E-state index is 0.607. The fourth-order valence-corrected chi connectivity index (χ4v) is 2.32. The largest absolute Gasteiger partial charge is 0.493 e. The van der Waals surface area contributed by atoms with E-state index < -0.39 is 0 Å². The van der Waals surface area contributed by atoms with Gasteiger partial charge >= 0.3 is 0 Å². The van der Waals surface area contributed by atoms with E-state index >= 15 is 0 Å². The average Bonchev–Trinajstić information content (AvgIpc) is 2.66. The molecular weight excluding hydrogens is 321 g/mol. The van der Waals surface area contributed by atoms with Crippen molar-refractivity contribution in [2.24, 2.45) is 0 Å². The van der Waals surface area contributed by atoms with Crippen LogP contribution in [0.15, 0.2) is 12.1 Å². The van der Waals surface area contributed by atoms with E-state index in [1.54, 1.807) is 21.3 Å². The molecule has 0 atom stereocenters. The summed E-state index contributed by atoms with van der Waals surface area (Å²) in [5.74, 6) is 1.94. The van der Waals surface area contributed by atoms with Crippen LogP contribution in [-0.4, -0.2) is 26.3 Å².